The normalized spacial score (nSPS) is 10.2. The Kier molecular flexibility index (Phi) is 7.16. The first-order valence-electron chi connectivity index (χ1n) is 8.06. The predicted octanol–water partition coefficient (Wildman–Crippen LogP) is 2.29. The second-order valence-electron chi connectivity index (χ2n) is 5.70. The second-order valence-corrected chi connectivity index (χ2v) is 6.48. The topological polar surface area (TPSA) is 98.7 Å². The van der Waals surface area contributed by atoms with E-state index in [1.807, 2.05) is 16.8 Å². The Morgan fingerprint density at radius 1 is 1.08 bits per heavy atom. The highest BCUT2D eigenvalue weighted by molar-refractivity contribution is 7.07. The SMILES string of the molecule is CC(=O)NCCN(Cc1ccsc1)C(=O)NCc1ccc(C(=O)O)cc1. The first kappa shape index (κ1) is 19.5. The van der Waals surface area contributed by atoms with Gasteiger partial charge in [0.05, 0.1) is 5.56 Å². The van der Waals surface area contributed by atoms with Crippen LogP contribution in [0.5, 0.6) is 0 Å². The third-order valence-corrected chi connectivity index (χ3v) is 4.37. The van der Waals surface area contributed by atoms with E-state index in [0.29, 0.717) is 26.2 Å². The molecule has 0 radical (unpaired) electrons. The summed E-state index contributed by atoms with van der Waals surface area (Å²) in [6.07, 6.45) is 0. The quantitative estimate of drug-likeness (QED) is 0.659. The monoisotopic (exact) mass is 375 g/mol. The van der Waals surface area contributed by atoms with Crippen LogP contribution >= 0.6 is 11.3 Å². The van der Waals surface area contributed by atoms with Crippen LogP contribution in [0.2, 0.25) is 0 Å². The van der Waals surface area contributed by atoms with Crippen LogP contribution in [0.15, 0.2) is 41.1 Å². The zero-order valence-electron chi connectivity index (χ0n) is 14.4. The highest BCUT2D eigenvalue weighted by Gasteiger charge is 2.14. The lowest BCUT2D eigenvalue weighted by Gasteiger charge is -2.23. The van der Waals surface area contributed by atoms with Gasteiger partial charge in [0.1, 0.15) is 0 Å². The number of thiophene rings is 1. The number of hydrogen-bond acceptors (Lipinski definition) is 4. The van der Waals surface area contributed by atoms with Gasteiger partial charge >= 0.3 is 12.0 Å². The van der Waals surface area contributed by atoms with E-state index in [2.05, 4.69) is 10.6 Å². The minimum absolute atomic E-state index is 0.139. The van der Waals surface area contributed by atoms with Crippen molar-refractivity contribution in [2.24, 2.45) is 0 Å². The molecule has 0 aliphatic rings. The average molecular weight is 375 g/mol. The standard InChI is InChI=1S/C18H21N3O4S/c1-13(22)19-7-8-21(11-15-6-9-26-12-15)18(25)20-10-14-2-4-16(5-3-14)17(23)24/h2-6,9,12H,7-8,10-11H2,1H3,(H,19,22)(H,20,25)(H,23,24). The van der Waals surface area contributed by atoms with Crippen LogP contribution in [0.1, 0.15) is 28.4 Å². The van der Waals surface area contributed by atoms with Crippen molar-refractivity contribution < 1.29 is 19.5 Å². The van der Waals surface area contributed by atoms with E-state index >= 15 is 0 Å². The number of carbonyl (C=O) groups is 3. The molecule has 138 valence electrons. The number of nitrogens with zero attached hydrogens (tertiary/aromatic N) is 1. The highest BCUT2D eigenvalue weighted by atomic mass is 32.1. The van der Waals surface area contributed by atoms with Crippen molar-refractivity contribution in [1.82, 2.24) is 15.5 Å². The first-order chi connectivity index (χ1) is 12.5. The van der Waals surface area contributed by atoms with E-state index in [1.165, 1.54) is 19.1 Å². The molecule has 3 N–H and O–H groups in total. The van der Waals surface area contributed by atoms with Crippen LogP contribution in [-0.4, -0.2) is 41.0 Å². The molecule has 0 bridgehead atoms. The van der Waals surface area contributed by atoms with Crippen molar-refractivity contribution in [3.63, 3.8) is 0 Å². The maximum atomic E-state index is 12.5. The summed E-state index contributed by atoms with van der Waals surface area (Å²) in [5.74, 6) is -1.13. The molecule has 0 saturated carbocycles. The minimum Gasteiger partial charge on any atom is -0.478 e. The molecule has 3 amide bonds. The number of benzene rings is 1. The van der Waals surface area contributed by atoms with Gasteiger partial charge in [-0.2, -0.15) is 11.3 Å². The van der Waals surface area contributed by atoms with Crippen molar-refractivity contribution in [3.05, 3.63) is 57.8 Å². The lowest BCUT2D eigenvalue weighted by molar-refractivity contribution is -0.119. The summed E-state index contributed by atoms with van der Waals surface area (Å²) in [5.41, 5.74) is 2.04. The third-order valence-electron chi connectivity index (χ3n) is 3.64. The van der Waals surface area contributed by atoms with Gasteiger partial charge in [-0.25, -0.2) is 9.59 Å². The number of hydrogen-bond donors (Lipinski definition) is 3. The molecule has 0 aliphatic heterocycles. The highest BCUT2D eigenvalue weighted by Crippen LogP contribution is 2.10. The number of rotatable bonds is 8. The molecule has 8 heteroatoms. The lowest BCUT2D eigenvalue weighted by Crippen LogP contribution is -2.43. The Morgan fingerprint density at radius 2 is 1.81 bits per heavy atom. The summed E-state index contributed by atoms with van der Waals surface area (Å²) in [6.45, 7) is 2.94. The number of urea groups is 1. The average Bonchev–Trinajstić information content (AvgIpc) is 3.12. The van der Waals surface area contributed by atoms with Crippen molar-refractivity contribution in [1.29, 1.82) is 0 Å². The second kappa shape index (κ2) is 9.57. The molecule has 0 fully saturated rings. The summed E-state index contributed by atoms with van der Waals surface area (Å²) < 4.78 is 0. The van der Waals surface area contributed by atoms with E-state index in [0.717, 1.165) is 11.1 Å². The van der Waals surface area contributed by atoms with E-state index in [9.17, 15) is 14.4 Å². The van der Waals surface area contributed by atoms with Gasteiger partial charge in [0, 0.05) is 33.1 Å². The molecule has 26 heavy (non-hydrogen) atoms. The van der Waals surface area contributed by atoms with Gasteiger partial charge < -0.3 is 20.6 Å². The predicted molar refractivity (Wildman–Crippen MR) is 99.0 cm³/mol. The number of carboxylic acids is 1. The number of nitrogens with one attached hydrogen (secondary N) is 2. The lowest BCUT2D eigenvalue weighted by atomic mass is 10.1. The molecule has 1 aromatic carbocycles. The summed E-state index contributed by atoms with van der Waals surface area (Å²) in [4.78, 5) is 36.0. The molecular weight excluding hydrogens is 354 g/mol. The van der Waals surface area contributed by atoms with Crippen molar-refractivity contribution in [2.45, 2.75) is 20.0 Å². The van der Waals surface area contributed by atoms with Crippen LogP contribution in [-0.2, 0) is 17.9 Å². The van der Waals surface area contributed by atoms with E-state index < -0.39 is 5.97 Å². The molecular formula is C18H21N3O4S. The first-order valence-corrected chi connectivity index (χ1v) is 9.00. The zero-order valence-corrected chi connectivity index (χ0v) is 15.2. The molecule has 0 aliphatic carbocycles. The Morgan fingerprint density at radius 3 is 2.38 bits per heavy atom. The third kappa shape index (κ3) is 6.21. The van der Waals surface area contributed by atoms with Gasteiger partial charge in [-0.3, -0.25) is 4.79 Å². The minimum atomic E-state index is -0.986. The molecule has 7 nitrogen and oxygen atoms in total. The molecule has 1 heterocycles. The van der Waals surface area contributed by atoms with Crippen LogP contribution in [0.3, 0.4) is 0 Å². The van der Waals surface area contributed by atoms with Gasteiger partial charge in [-0.05, 0) is 40.1 Å². The largest absolute Gasteiger partial charge is 0.478 e. The number of carbonyl (C=O) groups excluding carboxylic acids is 2. The maximum Gasteiger partial charge on any atom is 0.335 e. The van der Waals surface area contributed by atoms with Gasteiger partial charge in [0.25, 0.3) is 0 Å². The van der Waals surface area contributed by atoms with Crippen LogP contribution in [0.4, 0.5) is 4.79 Å². The molecule has 1 aromatic heterocycles. The Balaban J connectivity index is 1.93. The van der Waals surface area contributed by atoms with Crippen LogP contribution in [0, 0.1) is 0 Å². The molecule has 0 saturated heterocycles. The van der Waals surface area contributed by atoms with E-state index in [4.69, 9.17) is 5.11 Å². The van der Waals surface area contributed by atoms with Crippen molar-refractivity contribution in [2.75, 3.05) is 13.1 Å². The fourth-order valence-corrected chi connectivity index (χ4v) is 2.94. The van der Waals surface area contributed by atoms with Gasteiger partial charge in [0.2, 0.25) is 5.91 Å². The molecule has 0 atom stereocenters. The summed E-state index contributed by atoms with van der Waals surface area (Å²) in [6, 6.07) is 8.06. The Bertz CT molecular complexity index is 744. The smallest absolute Gasteiger partial charge is 0.335 e. The maximum absolute atomic E-state index is 12.5. The Labute approximate surface area is 155 Å². The number of carboxylic acid groups (broad SMARTS) is 1. The van der Waals surface area contributed by atoms with Crippen LogP contribution < -0.4 is 10.6 Å². The van der Waals surface area contributed by atoms with E-state index in [-0.39, 0.29) is 17.5 Å². The van der Waals surface area contributed by atoms with Gasteiger partial charge in [0.15, 0.2) is 0 Å². The van der Waals surface area contributed by atoms with Crippen molar-refractivity contribution >= 4 is 29.2 Å². The summed E-state index contributed by atoms with van der Waals surface area (Å²) in [5, 5.41) is 18.3. The van der Waals surface area contributed by atoms with E-state index in [1.54, 1.807) is 28.4 Å². The van der Waals surface area contributed by atoms with Gasteiger partial charge in [-0.1, -0.05) is 12.1 Å². The fourth-order valence-electron chi connectivity index (χ4n) is 2.28. The summed E-state index contributed by atoms with van der Waals surface area (Å²) in [7, 11) is 0. The molecule has 0 spiro atoms. The number of amides is 3. The Hall–Kier alpha value is -2.87. The zero-order chi connectivity index (χ0) is 18.9. The molecule has 2 rings (SSSR count). The molecule has 2 aromatic rings. The molecule has 0 unspecified atom stereocenters. The summed E-state index contributed by atoms with van der Waals surface area (Å²) >= 11 is 1.56. The van der Waals surface area contributed by atoms with Crippen LogP contribution in [0.25, 0.3) is 0 Å². The number of aromatic carboxylic acids is 1. The fraction of sp³-hybridized carbons (Fsp3) is 0.278. The van der Waals surface area contributed by atoms with Gasteiger partial charge in [-0.15, -0.1) is 0 Å². The van der Waals surface area contributed by atoms with Crippen molar-refractivity contribution in [3.8, 4) is 0 Å².